The Labute approximate surface area is 190 Å². The number of allylic oxidation sites excluding steroid dienone is 1. The smallest absolute Gasteiger partial charge is 0.315 e. The first-order valence-corrected chi connectivity index (χ1v) is 10.7. The topological polar surface area (TPSA) is 100 Å². The number of carbonyl (C=O) groups is 1. The lowest BCUT2D eigenvalue weighted by Gasteiger charge is -2.40. The van der Waals surface area contributed by atoms with E-state index < -0.39 is 34.8 Å². The molecule has 170 valence electrons. The van der Waals surface area contributed by atoms with Crippen LogP contribution in [0.4, 0.5) is 23.7 Å². The molecule has 7 nitrogen and oxygen atoms in total. The molecule has 1 N–H and O–H groups in total. The molecule has 0 bridgehead atoms. The van der Waals surface area contributed by atoms with E-state index >= 15 is 0 Å². The van der Waals surface area contributed by atoms with E-state index in [0.29, 0.717) is 5.56 Å². The van der Waals surface area contributed by atoms with E-state index in [9.17, 15) is 32.7 Å². The number of anilines is 1. The van der Waals surface area contributed by atoms with Crippen LogP contribution in [0.5, 0.6) is 0 Å². The zero-order chi connectivity index (χ0) is 24.5. The summed E-state index contributed by atoms with van der Waals surface area (Å²) in [6.45, 7) is 1.47. The fourth-order valence-corrected chi connectivity index (χ4v) is 4.50. The second kappa shape index (κ2) is 9.06. The van der Waals surface area contributed by atoms with Gasteiger partial charge in [-0.2, -0.15) is 23.7 Å². The molecule has 0 spiro atoms. The molecule has 2 aromatic rings. The van der Waals surface area contributed by atoms with Gasteiger partial charge in [0.2, 0.25) is 0 Å². The highest BCUT2D eigenvalue weighted by Crippen LogP contribution is 2.41. The summed E-state index contributed by atoms with van der Waals surface area (Å²) in [6.07, 6.45) is -4.60. The highest BCUT2D eigenvalue weighted by molar-refractivity contribution is 7.83. The van der Waals surface area contributed by atoms with Gasteiger partial charge in [0.25, 0.3) is 0 Å². The number of nitrogens with zero attached hydrogens (tertiary/aromatic N) is 4. The van der Waals surface area contributed by atoms with Crippen molar-refractivity contribution >= 4 is 22.7 Å². The molecule has 0 radical (unpaired) electrons. The van der Waals surface area contributed by atoms with Crippen LogP contribution in [0.3, 0.4) is 0 Å². The lowest BCUT2D eigenvalue weighted by Crippen LogP contribution is -2.47. The third kappa shape index (κ3) is 4.33. The highest BCUT2D eigenvalue weighted by Gasteiger charge is 2.40. The van der Waals surface area contributed by atoms with Gasteiger partial charge in [0, 0.05) is 12.7 Å². The van der Waals surface area contributed by atoms with Gasteiger partial charge in [-0.1, -0.05) is 12.1 Å². The van der Waals surface area contributed by atoms with Crippen molar-refractivity contribution in [3.05, 3.63) is 70.4 Å². The zero-order valence-electron chi connectivity index (χ0n) is 17.8. The molecule has 0 saturated carbocycles. The Morgan fingerprint density at radius 1 is 1.12 bits per heavy atom. The quantitative estimate of drug-likeness (QED) is 0.718. The summed E-state index contributed by atoms with van der Waals surface area (Å²) in [6, 6.07) is 11.1. The molecular weight excluding hydrogens is 455 g/mol. The van der Waals surface area contributed by atoms with Gasteiger partial charge in [0.1, 0.15) is 11.0 Å². The number of nitrogens with one attached hydrogen (secondary N) is 1. The van der Waals surface area contributed by atoms with Gasteiger partial charge in [-0.3, -0.25) is 4.90 Å². The Morgan fingerprint density at radius 3 is 2.39 bits per heavy atom. The fraction of sp³-hybridized carbons (Fsp3) is 0.227. The maximum atomic E-state index is 13.3. The van der Waals surface area contributed by atoms with E-state index in [1.54, 1.807) is 0 Å². The van der Waals surface area contributed by atoms with E-state index in [-0.39, 0.29) is 27.4 Å². The minimum atomic E-state index is -4.60. The SMILES string of the molecule is CNS(=O)c1cc(C#N)ccc1[C@@H]1C(C#N)=C(C)N(c2cccc(C(F)(F)F)c2)C(=O)N1C. The Morgan fingerprint density at radius 2 is 1.82 bits per heavy atom. The molecule has 0 aliphatic carbocycles. The minimum Gasteiger partial charge on any atom is -0.315 e. The third-order valence-corrected chi connectivity index (χ3v) is 6.38. The predicted octanol–water partition coefficient (Wildman–Crippen LogP) is 4.23. The maximum Gasteiger partial charge on any atom is 0.416 e. The summed E-state index contributed by atoms with van der Waals surface area (Å²) < 4.78 is 54.8. The molecule has 2 atom stereocenters. The molecule has 1 aliphatic rings. The number of carbonyl (C=O) groups excluding carboxylic acids is 1. The summed E-state index contributed by atoms with van der Waals surface area (Å²) in [5.41, 5.74) is -0.125. The Kier molecular flexibility index (Phi) is 6.58. The van der Waals surface area contributed by atoms with E-state index in [0.717, 1.165) is 17.0 Å². The lowest BCUT2D eigenvalue weighted by atomic mass is 9.93. The average Bonchev–Trinajstić information content (AvgIpc) is 2.80. The number of urea groups is 1. The molecule has 1 unspecified atom stereocenters. The number of alkyl halides is 3. The first-order valence-electron chi connectivity index (χ1n) is 9.53. The summed E-state index contributed by atoms with van der Waals surface area (Å²) in [5, 5.41) is 19.1. The molecule has 0 aromatic heterocycles. The molecule has 0 fully saturated rings. The standard InChI is InChI=1S/C22H18F3N5O2S/c1-13-18(12-27)20(17-8-7-14(11-26)9-19(17)33(32)28-2)29(3)21(31)30(13)16-6-4-5-15(10-16)22(23,24)25/h4-10,20,28H,1-3H3/t20-,33?/m1/s1. The first kappa shape index (κ1) is 24.0. The van der Waals surface area contributed by atoms with Crippen LogP contribution in [-0.4, -0.2) is 29.2 Å². The molecule has 0 saturated heterocycles. The molecule has 2 amide bonds. The van der Waals surface area contributed by atoms with Crippen LogP contribution in [0.2, 0.25) is 0 Å². The fourth-order valence-electron chi connectivity index (χ4n) is 3.66. The van der Waals surface area contributed by atoms with Gasteiger partial charge in [-0.25, -0.2) is 13.7 Å². The van der Waals surface area contributed by atoms with E-state index in [2.05, 4.69) is 4.72 Å². The van der Waals surface area contributed by atoms with Crippen molar-refractivity contribution in [2.45, 2.75) is 24.0 Å². The highest BCUT2D eigenvalue weighted by atomic mass is 32.2. The zero-order valence-corrected chi connectivity index (χ0v) is 18.6. The summed E-state index contributed by atoms with van der Waals surface area (Å²) in [5.74, 6) is 0. The largest absolute Gasteiger partial charge is 0.416 e. The third-order valence-electron chi connectivity index (χ3n) is 5.25. The van der Waals surface area contributed by atoms with Crippen LogP contribution in [0, 0.1) is 22.7 Å². The summed E-state index contributed by atoms with van der Waals surface area (Å²) in [4.78, 5) is 15.8. The van der Waals surface area contributed by atoms with Crippen LogP contribution >= 0.6 is 0 Å². The number of rotatable bonds is 4. The first-order chi connectivity index (χ1) is 15.5. The Bertz CT molecular complexity index is 1260. The summed E-state index contributed by atoms with van der Waals surface area (Å²) >= 11 is 0. The van der Waals surface area contributed by atoms with Gasteiger partial charge in [0.15, 0.2) is 0 Å². The molecule has 11 heteroatoms. The Balaban J connectivity index is 2.22. The van der Waals surface area contributed by atoms with Crippen LogP contribution in [-0.2, 0) is 17.2 Å². The van der Waals surface area contributed by atoms with Gasteiger partial charge < -0.3 is 4.90 Å². The lowest BCUT2D eigenvalue weighted by molar-refractivity contribution is -0.137. The van der Waals surface area contributed by atoms with Crippen LogP contribution < -0.4 is 9.62 Å². The number of hydrogen-bond donors (Lipinski definition) is 1. The molecule has 2 aromatic carbocycles. The Hall–Kier alpha value is -3.67. The van der Waals surface area contributed by atoms with Gasteiger partial charge in [-0.15, -0.1) is 0 Å². The van der Waals surface area contributed by atoms with Crippen molar-refractivity contribution in [3.63, 3.8) is 0 Å². The number of amides is 2. The van der Waals surface area contributed by atoms with Crippen LogP contribution in [0.1, 0.15) is 29.7 Å². The normalized spacial score (nSPS) is 17.6. The average molecular weight is 473 g/mol. The van der Waals surface area contributed by atoms with E-state index in [1.165, 1.54) is 56.3 Å². The second-order valence-electron chi connectivity index (χ2n) is 7.13. The van der Waals surface area contributed by atoms with Crippen molar-refractivity contribution < 1.29 is 22.2 Å². The van der Waals surface area contributed by atoms with Gasteiger partial charge in [-0.05, 0) is 49.9 Å². The van der Waals surface area contributed by atoms with E-state index in [4.69, 9.17) is 0 Å². The number of likely N-dealkylation sites (N-methyl/N-ethyl adjacent to an activating group) is 1. The van der Waals surface area contributed by atoms with Crippen molar-refractivity contribution in [2.75, 3.05) is 19.0 Å². The second-order valence-corrected chi connectivity index (χ2v) is 8.51. The number of nitriles is 2. The molecule has 1 aliphatic heterocycles. The van der Waals surface area contributed by atoms with Gasteiger partial charge in [0.05, 0.1) is 45.5 Å². The molecule has 3 rings (SSSR count). The van der Waals surface area contributed by atoms with Gasteiger partial charge >= 0.3 is 12.2 Å². The monoisotopic (exact) mass is 473 g/mol. The number of hydrogen-bond acceptors (Lipinski definition) is 4. The van der Waals surface area contributed by atoms with Crippen molar-refractivity contribution in [1.82, 2.24) is 9.62 Å². The van der Waals surface area contributed by atoms with Crippen molar-refractivity contribution in [1.29, 1.82) is 10.5 Å². The van der Waals surface area contributed by atoms with Crippen molar-refractivity contribution in [3.8, 4) is 12.1 Å². The van der Waals surface area contributed by atoms with Crippen LogP contribution in [0.25, 0.3) is 0 Å². The van der Waals surface area contributed by atoms with E-state index in [1.807, 2.05) is 12.1 Å². The maximum absolute atomic E-state index is 13.3. The van der Waals surface area contributed by atoms with Crippen molar-refractivity contribution in [2.24, 2.45) is 0 Å². The summed E-state index contributed by atoms with van der Waals surface area (Å²) in [7, 11) is 1.12. The molecular formula is C22H18F3N5O2S. The number of halogens is 3. The predicted molar refractivity (Wildman–Crippen MR) is 115 cm³/mol. The molecule has 1 heterocycles. The van der Waals surface area contributed by atoms with Crippen LogP contribution in [0.15, 0.2) is 58.6 Å². The number of benzene rings is 2. The minimum absolute atomic E-state index is 0.0378. The molecule has 33 heavy (non-hydrogen) atoms.